The van der Waals surface area contributed by atoms with Crippen molar-refractivity contribution in [2.24, 2.45) is 0 Å². The fourth-order valence-corrected chi connectivity index (χ4v) is 7.08. The molecule has 0 aliphatic heterocycles. The van der Waals surface area contributed by atoms with E-state index in [2.05, 4.69) is 42.5 Å². The first-order chi connectivity index (χ1) is 31.0. The van der Waals surface area contributed by atoms with Gasteiger partial charge in [-0.3, -0.25) is 4.57 Å². The molecule has 258 valence electrons. The molecule has 0 unspecified atom stereocenters. The predicted molar refractivity (Wildman–Crippen MR) is 227 cm³/mol. The van der Waals surface area contributed by atoms with E-state index in [0.29, 0.717) is 28.3 Å². The monoisotopic (exact) mass is 711 g/mol. The van der Waals surface area contributed by atoms with Crippen LogP contribution in [0.15, 0.2) is 206 Å². The van der Waals surface area contributed by atoms with E-state index < -0.39 is 42.3 Å². The number of para-hydroxylation sites is 1. The highest BCUT2D eigenvalue weighted by atomic mass is 15.2. The molecule has 10 aromatic rings. The normalized spacial score (nSPS) is 13.6. The van der Waals surface area contributed by atoms with Crippen molar-refractivity contribution < 1.29 is 12.3 Å². The molecule has 10 rings (SSSR count). The van der Waals surface area contributed by atoms with Gasteiger partial charge >= 0.3 is 0 Å². The van der Waals surface area contributed by atoms with Crippen LogP contribution in [-0.4, -0.2) is 19.5 Å². The molecular weight excluding hydrogens is 669 g/mol. The first-order valence-electron chi connectivity index (χ1n) is 22.3. The van der Waals surface area contributed by atoms with Gasteiger partial charge in [-0.2, -0.15) is 9.97 Å². The van der Waals surface area contributed by atoms with Gasteiger partial charge in [0.15, 0.2) is 11.6 Å². The molecule has 0 radical (unpaired) electrons. The van der Waals surface area contributed by atoms with E-state index in [4.69, 9.17) is 24.5 Å². The molecule has 0 aliphatic rings. The van der Waals surface area contributed by atoms with Crippen LogP contribution in [0.5, 0.6) is 0 Å². The molecule has 8 aromatic carbocycles. The Morgan fingerprint density at radius 1 is 0.364 bits per heavy atom. The van der Waals surface area contributed by atoms with Gasteiger partial charge in [-0.05, 0) is 74.8 Å². The van der Waals surface area contributed by atoms with Crippen LogP contribution >= 0.6 is 0 Å². The minimum absolute atomic E-state index is 0.0548. The van der Waals surface area contributed by atoms with Crippen LogP contribution in [0.25, 0.3) is 95.0 Å². The summed E-state index contributed by atoms with van der Waals surface area (Å²) in [5.74, 6) is 0.667. The predicted octanol–water partition coefficient (Wildman–Crippen LogP) is 13.0. The Balaban J connectivity index is 1.20. The van der Waals surface area contributed by atoms with E-state index >= 15 is 0 Å². The van der Waals surface area contributed by atoms with Gasteiger partial charge in [-0.25, -0.2) is 4.98 Å². The van der Waals surface area contributed by atoms with E-state index in [-0.39, 0.29) is 45.4 Å². The van der Waals surface area contributed by atoms with E-state index in [1.54, 1.807) is 22.8 Å². The van der Waals surface area contributed by atoms with Gasteiger partial charge in [0.05, 0.1) is 23.4 Å². The minimum Gasteiger partial charge on any atom is -0.278 e. The first-order valence-corrected chi connectivity index (χ1v) is 17.8. The number of benzene rings is 8. The quantitative estimate of drug-likeness (QED) is 0.165. The summed E-state index contributed by atoms with van der Waals surface area (Å²) in [6.45, 7) is 0. The molecule has 0 saturated carbocycles. The molecule has 55 heavy (non-hydrogen) atoms. The zero-order chi connectivity index (χ0) is 44.4. The molecule has 4 heteroatoms. The van der Waals surface area contributed by atoms with Gasteiger partial charge in [0.1, 0.15) is 0 Å². The van der Waals surface area contributed by atoms with Crippen molar-refractivity contribution in [1.82, 2.24) is 19.5 Å². The van der Waals surface area contributed by atoms with Crippen LogP contribution in [0, 0.1) is 0 Å². The van der Waals surface area contributed by atoms with Crippen molar-refractivity contribution in [2.45, 2.75) is 0 Å². The van der Waals surface area contributed by atoms with Crippen molar-refractivity contribution in [3.05, 3.63) is 206 Å². The van der Waals surface area contributed by atoms with Gasteiger partial charge in [0.2, 0.25) is 5.95 Å². The van der Waals surface area contributed by atoms with Crippen LogP contribution in [0.3, 0.4) is 0 Å². The topological polar surface area (TPSA) is 43.6 Å². The van der Waals surface area contributed by atoms with Crippen LogP contribution < -0.4 is 0 Å². The molecule has 4 nitrogen and oxygen atoms in total. The summed E-state index contributed by atoms with van der Waals surface area (Å²) in [5, 5.41) is 0.340. The second-order valence-corrected chi connectivity index (χ2v) is 13.0. The van der Waals surface area contributed by atoms with Crippen molar-refractivity contribution >= 4 is 21.8 Å². The van der Waals surface area contributed by atoms with Crippen LogP contribution in [0.2, 0.25) is 0 Å². The number of aromatic nitrogens is 4. The van der Waals surface area contributed by atoms with E-state index in [9.17, 15) is 2.74 Å². The van der Waals surface area contributed by atoms with Gasteiger partial charge in [-0.1, -0.05) is 176 Å². The highest BCUT2D eigenvalue weighted by molar-refractivity contribution is 6.15. The Bertz CT molecular complexity index is 3380. The maximum absolute atomic E-state index is 9.24. The largest absolute Gasteiger partial charge is 0.278 e. The third kappa shape index (κ3) is 6.06. The Hall–Kier alpha value is -7.43. The average molecular weight is 712 g/mol. The molecule has 0 fully saturated rings. The van der Waals surface area contributed by atoms with Crippen molar-refractivity contribution in [3.8, 4) is 73.2 Å². The summed E-state index contributed by atoms with van der Waals surface area (Å²) < 4.78 is 80.2. The molecule has 2 aromatic heterocycles. The molecule has 2 heterocycles. The number of hydrogen-bond donors (Lipinski definition) is 0. The summed E-state index contributed by atoms with van der Waals surface area (Å²) in [4.78, 5) is 14.9. The Kier molecular flexibility index (Phi) is 6.04. The molecule has 0 spiro atoms. The summed E-state index contributed by atoms with van der Waals surface area (Å²) in [6, 6.07) is 45.1. The summed E-state index contributed by atoms with van der Waals surface area (Å²) in [7, 11) is 0. The van der Waals surface area contributed by atoms with E-state index in [1.165, 1.54) is 0 Å². The molecular formula is C51H34N4. The zero-order valence-electron chi connectivity index (χ0n) is 38.2. The van der Waals surface area contributed by atoms with Crippen molar-refractivity contribution in [3.63, 3.8) is 0 Å². The van der Waals surface area contributed by atoms with E-state index in [0.717, 1.165) is 33.4 Å². The maximum atomic E-state index is 9.24. The fourth-order valence-electron chi connectivity index (χ4n) is 7.08. The zero-order valence-corrected chi connectivity index (χ0v) is 29.2. The highest BCUT2D eigenvalue weighted by Crippen LogP contribution is 2.39. The standard InChI is InChI=1S/C51H34N4/c1-5-16-35(17-6-1)41-32-42(36-18-7-2-8-19-36)34-43(33-41)37-28-30-40(31-29-37)50-52-49(39-22-11-4-12-23-39)53-51(54-50)55-46-26-14-13-24-45(46)48-44(25-15-27-47(48)55)38-20-9-3-10-21-38/h1-34H/i3D,9D,10D,13D,14D,20D,21D,24D,26D. The molecule has 0 N–H and O–H groups in total. The first kappa shape index (κ1) is 24.0. The second kappa shape index (κ2) is 13.8. The lowest BCUT2D eigenvalue weighted by Crippen LogP contribution is -2.06. The van der Waals surface area contributed by atoms with Gasteiger partial charge in [-0.15, -0.1) is 0 Å². The summed E-state index contributed by atoms with van der Waals surface area (Å²) in [6.07, 6.45) is 0. The lowest BCUT2D eigenvalue weighted by Gasteiger charge is -2.13. The Morgan fingerprint density at radius 2 is 0.855 bits per heavy atom. The number of fused-ring (bicyclic) bond motifs is 3. The molecule has 0 atom stereocenters. The van der Waals surface area contributed by atoms with Gasteiger partial charge in [0.25, 0.3) is 0 Å². The fraction of sp³-hybridized carbons (Fsp3) is 0. The maximum Gasteiger partial charge on any atom is 0.238 e. The lowest BCUT2D eigenvalue weighted by molar-refractivity contribution is 0.953. The smallest absolute Gasteiger partial charge is 0.238 e. The number of nitrogens with zero attached hydrogens (tertiary/aromatic N) is 4. The lowest BCUT2D eigenvalue weighted by atomic mass is 9.93. The third-order valence-corrected chi connectivity index (χ3v) is 9.67. The highest BCUT2D eigenvalue weighted by Gasteiger charge is 2.20. The molecule has 0 bridgehead atoms. The third-order valence-electron chi connectivity index (χ3n) is 9.67. The van der Waals surface area contributed by atoms with Crippen LogP contribution in [0.1, 0.15) is 12.3 Å². The van der Waals surface area contributed by atoms with Crippen molar-refractivity contribution in [2.75, 3.05) is 0 Å². The Labute approximate surface area is 332 Å². The summed E-state index contributed by atoms with van der Waals surface area (Å²) >= 11 is 0. The minimum atomic E-state index is -0.549. The molecule has 0 amide bonds. The van der Waals surface area contributed by atoms with Crippen molar-refractivity contribution in [1.29, 1.82) is 0 Å². The Morgan fingerprint density at radius 3 is 1.45 bits per heavy atom. The second-order valence-electron chi connectivity index (χ2n) is 13.0. The van der Waals surface area contributed by atoms with Crippen LogP contribution in [-0.2, 0) is 0 Å². The summed E-state index contributed by atoms with van der Waals surface area (Å²) in [5.41, 5.74) is 8.16. The van der Waals surface area contributed by atoms with Crippen LogP contribution in [0.4, 0.5) is 0 Å². The number of rotatable bonds is 7. The number of hydrogen-bond acceptors (Lipinski definition) is 3. The SMILES string of the molecule is [2H]c1c([2H])c([2H])c(-c2cccc3c2c2c([2H])c([2H])c([2H])c([2H])c2n3-c2nc(-c3ccccc3)nc(-c3ccc(-c4cc(-c5ccccc5)cc(-c5ccccc5)c4)cc3)n2)c([2H])c1[2H]. The van der Waals surface area contributed by atoms with Gasteiger partial charge in [0, 0.05) is 21.9 Å². The van der Waals surface area contributed by atoms with Gasteiger partial charge < -0.3 is 0 Å². The average Bonchev–Trinajstić information content (AvgIpc) is 3.71. The molecule has 0 saturated heterocycles. The van der Waals surface area contributed by atoms with E-state index in [1.807, 2.05) is 91.0 Å². The molecule has 0 aliphatic carbocycles.